The van der Waals surface area contributed by atoms with Crippen LogP contribution in [0.15, 0.2) is 30.5 Å². The first kappa shape index (κ1) is 15.4. The van der Waals surface area contributed by atoms with Crippen molar-refractivity contribution in [1.29, 1.82) is 0 Å². The molecule has 0 atom stereocenters. The molecule has 6 nitrogen and oxygen atoms in total. The first-order valence-electron chi connectivity index (χ1n) is 8.03. The first-order valence-corrected chi connectivity index (χ1v) is 8.41. The Labute approximate surface area is 145 Å². The highest BCUT2D eigenvalue weighted by Gasteiger charge is 2.27. The van der Waals surface area contributed by atoms with Gasteiger partial charge >= 0.3 is 0 Å². The minimum Gasteiger partial charge on any atom is -0.355 e. The van der Waals surface area contributed by atoms with Gasteiger partial charge < -0.3 is 10.6 Å². The lowest BCUT2D eigenvalue weighted by molar-refractivity contribution is 0.363. The van der Waals surface area contributed by atoms with Gasteiger partial charge in [-0.3, -0.25) is 5.10 Å². The molecule has 124 valence electrons. The summed E-state index contributed by atoms with van der Waals surface area (Å²) < 4.78 is 0. The van der Waals surface area contributed by atoms with Gasteiger partial charge in [-0.15, -0.1) is 0 Å². The van der Waals surface area contributed by atoms with Crippen LogP contribution in [0.3, 0.4) is 0 Å². The molecular formula is C17H19ClN6. The standard InChI is InChI=1S/C17H19ClN6/c1-17(19)6-8-24(9-7-17)13-10-20-15-14(22-23-16(15)21-13)11-4-2-3-5-12(11)18/h2-5,10H,6-9,19H2,1H3,(H,21,22,23). The molecule has 0 aliphatic carbocycles. The van der Waals surface area contributed by atoms with Crippen molar-refractivity contribution in [2.24, 2.45) is 5.73 Å². The average molecular weight is 343 g/mol. The van der Waals surface area contributed by atoms with Crippen molar-refractivity contribution in [2.45, 2.75) is 25.3 Å². The summed E-state index contributed by atoms with van der Waals surface area (Å²) in [5.41, 5.74) is 9.09. The number of anilines is 1. The summed E-state index contributed by atoms with van der Waals surface area (Å²) in [6, 6.07) is 7.60. The number of benzene rings is 1. The Bertz CT molecular complexity index is 878. The van der Waals surface area contributed by atoms with Crippen LogP contribution in [0, 0.1) is 0 Å². The second-order valence-electron chi connectivity index (χ2n) is 6.62. The summed E-state index contributed by atoms with van der Waals surface area (Å²) in [4.78, 5) is 11.5. The van der Waals surface area contributed by atoms with Gasteiger partial charge in [0.15, 0.2) is 5.65 Å². The second kappa shape index (κ2) is 5.72. The molecule has 2 aromatic heterocycles. The summed E-state index contributed by atoms with van der Waals surface area (Å²) in [5, 5.41) is 7.99. The molecule has 4 rings (SSSR count). The van der Waals surface area contributed by atoms with Crippen molar-refractivity contribution >= 4 is 28.6 Å². The molecule has 7 heteroatoms. The summed E-state index contributed by atoms with van der Waals surface area (Å²) in [7, 11) is 0. The van der Waals surface area contributed by atoms with E-state index in [2.05, 4.69) is 32.0 Å². The summed E-state index contributed by atoms with van der Waals surface area (Å²) >= 11 is 6.27. The fourth-order valence-electron chi connectivity index (χ4n) is 3.03. The van der Waals surface area contributed by atoms with Gasteiger partial charge in [0.1, 0.15) is 17.0 Å². The Morgan fingerprint density at radius 3 is 2.75 bits per heavy atom. The molecule has 3 aromatic rings. The maximum atomic E-state index is 6.27. The predicted molar refractivity (Wildman–Crippen MR) is 96.2 cm³/mol. The van der Waals surface area contributed by atoms with Gasteiger partial charge in [-0.25, -0.2) is 9.97 Å². The number of rotatable bonds is 2. The smallest absolute Gasteiger partial charge is 0.177 e. The van der Waals surface area contributed by atoms with E-state index >= 15 is 0 Å². The van der Waals surface area contributed by atoms with Crippen LogP contribution in [-0.2, 0) is 0 Å². The molecule has 0 bridgehead atoms. The van der Waals surface area contributed by atoms with Crippen LogP contribution < -0.4 is 10.6 Å². The lowest BCUT2D eigenvalue weighted by Crippen LogP contribution is -2.48. The van der Waals surface area contributed by atoms with E-state index < -0.39 is 0 Å². The largest absolute Gasteiger partial charge is 0.355 e. The van der Waals surface area contributed by atoms with Gasteiger partial charge in [0, 0.05) is 24.2 Å². The third kappa shape index (κ3) is 2.72. The third-order valence-electron chi connectivity index (χ3n) is 4.62. The quantitative estimate of drug-likeness (QED) is 0.748. The van der Waals surface area contributed by atoms with E-state index in [4.69, 9.17) is 17.3 Å². The molecule has 3 N–H and O–H groups in total. The lowest BCUT2D eigenvalue weighted by atomic mass is 9.91. The van der Waals surface area contributed by atoms with E-state index in [-0.39, 0.29) is 5.54 Å². The van der Waals surface area contributed by atoms with Crippen LogP contribution in [0.25, 0.3) is 22.4 Å². The molecule has 0 amide bonds. The van der Waals surface area contributed by atoms with Crippen LogP contribution in [-0.4, -0.2) is 38.8 Å². The Morgan fingerprint density at radius 2 is 2.00 bits per heavy atom. The van der Waals surface area contributed by atoms with Crippen molar-refractivity contribution in [1.82, 2.24) is 20.2 Å². The highest BCUT2D eigenvalue weighted by atomic mass is 35.5. The number of nitrogens with one attached hydrogen (secondary N) is 1. The van der Waals surface area contributed by atoms with Gasteiger partial charge in [-0.2, -0.15) is 5.10 Å². The zero-order valence-electron chi connectivity index (χ0n) is 13.5. The van der Waals surface area contributed by atoms with Gasteiger partial charge in [0.2, 0.25) is 0 Å². The predicted octanol–water partition coefficient (Wildman–Crippen LogP) is 2.99. The average Bonchev–Trinajstić information content (AvgIpc) is 2.98. The van der Waals surface area contributed by atoms with Crippen molar-refractivity contribution in [3.05, 3.63) is 35.5 Å². The molecule has 1 aliphatic rings. The molecule has 1 aliphatic heterocycles. The Hall–Kier alpha value is -2.18. The number of halogens is 1. The van der Waals surface area contributed by atoms with Crippen LogP contribution in [0.1, 0.15) is 19.8 Å². The molecule has 1 fully saturated rings. The number of aromatic amines is 1. The van der Waals surface area contributed by atoms with Crippen molar-refractivity contribution in [2.75, 3.05) is 18.0 Å². The van der Waals surface area contributed by atoms with Crippen molar-refractivity contribution in [3.8, 4) is 11.3 Å². The highest BCUT2D eigenvalue weighted by molar-refractivity contribution is 6.33. The van der Waals surface area contributed by atoms with E-state index in [0.717, 1.165) is 48.5 Å². The van der Waals surface area contributed by atoms with Crippen molar-refractivity contribution < 1.29 is 0 Å². The van der Waals surface area contributed by atoms with E-state index in [1.165, 1.54) is 0 Å². The number of aromatic nitrogens is 4. The molecule has 1 aromatic carbocycles. The van der Waals surface area contributed by atoms with E-state index in [9.17, 15) is 0 Å². The van der Waals surface area contributed by atoms with E-state index in [1.54, 1.807) is 6.20 Å². The molecular weight excluding hydrogens is 324 g/mol. The second-order valence-corrected chi connectivity index (χ2v) is 7.03. The Kier molecular flexibility index (Phi) is 3.66. The number of fused-ring (bicyclic) bond motifs is 1. The fraction of sp³-hybridized carbons (Fsp3) is 0.353. The number of hydrogen-bond donors (Lipinski definition) is 2. The molecule has 0 saturated carbocycles. The number of hydrogen-bond acceptors (Lipinski definition) is 5. The topological polar surface area (TPSA) is 83.7 Å². The minimum absolute atomic E-state index is 0.0841. The molecule has 24 heavy (non-hydrogen) atoms. The van der Waals surface area contributed by atoms with Crippen LogP contribution in [0.4, 0.5) is 5.82 Å². The highest BCUT2D eigenvalue weighted by Crippen LogP contribution is 2.31. The monoisotopic (exact) mass is 342 g/mol. The summed E-state index contributed by atoms with van der Waals surface area (Å²) in [6.07, 6.45) is 3.69. The summed E-state index contributed by atoms with van der Waals surface area (Å²) in [6.45, 7) is 3.88. The number of nitrogens with zero attached hydrogens (tertiary/aromatic N) is 4. The maximum Gasteiger partial charge on any atom is 0.177 e. The SMILES string of the molecule is CC1(N)CCN(c2cnc3c(-c4ccccc4Cl)n[nH]c3n2)CC1. The van der Waals surface area contributed by atoms with Gasteiger partial charge in [-0.05, 0) is 25.8 Å². The van der Waals surface area contributed by atoms with Gasteiger partial charge in [0.05, 0.1) is 11.2 Å². The van der Waals surface area contributed by atoms with Gasteiger partial charge in [0.25, 0.3) is 0 Å². The molecule has 0 spiro atoms. The molecule has 3 heterocycles. The minimum atomic E-state index is -0.0841. The Morgan fingerprint density at radius 1 is 1.25 bits per heavy atom. The third-order valence-corrected chi connectivity index (χ3v) is 4.95. The number of piperidine rings is 1. The number of nitrogens with two attached hydrogens (primary N) is 1. The van der Waals surface area contributed by atoms with Crippen LogP contribution in [0.2, 0.25) is 5.02 Å². The zero-order valence-corrected chi connectivity index (χ0v) is 14.2. The number of H-pyrrole nitrogens is 1. The maximum absolute atomic E-state index is 6.27. The fourth-order valence-corrected chi connectivity index (χ4v) is 3.26. The molecule has 0 unspecified atom stereocenters. The molecule has 0 radical (unpaired) electrons. The van der Waals surface area contributed by atoms with Crippen LogP contribution in [0.5, 0.6) is 0 Å². The van der Waals surface area contributed by atoms with E-state index in [1.807, 2.05) is 24.3 Å². The van der Waals surface area contributed by atoms with Gasteiger partial charge in [-0.1, -0.05) is 29.8 Å². The lowest BCUT2D eigenvalue weighted by Gasteiger charge is -2.37. The van der Waals surface area contributed by atoms with Crippen molar-refractivity contribution in [3.63, 3.8) is 0 Å². The van der Waals surface area contributed by atoms with E-state index in [0.29, 0.717) is 10.7 Å². The first-order chi connectivity index (χ1) is 11.5. The zero-order chi connectivity index (χ0) is 16.7. The summed E-state index contributed by atoms with van der Waals surface area (Å²) in [5.74, 6) is 0.854. The normalized spacial score (nSPS) is 17.4. The molecule has 1 saturated heterocycles. The Balaban J connectivity index is 1.68. The van der Waals surface area contributed by atoms with Crippen LogP contribution >= 0.6 is 11.6 Å².